The van der Waals surface area contributed by atoms with Gasteiger partial charge < -0.3 is 0 Å². The van der Waals surface area contributed by atoms with Gasteiger partial charge in [-0.05, 0) is 26.0 Å². The molecule has 0 aliphatic heterocycles. The van der Waals surface area contributed by atoms with Crippen LogP contribution in [0.3, 0.4) is 0 Å². The predicted octanol–water partition coefficient (Wildman–Crippen LogP) is 5.14. The first-order valence-corrected chi connectivity index (χ1v) is 7.83. The molecule has 0 N–H and O–H groups in total. The summed E-state index contributed by atoms with van der Waals surface area (Å²) in [6.45, 7) is 3.24. The van der Waals surface area contributed by atoms with Crippen LogP contribution in [0.15, 0.2) is 35.5 Å². The van der Waals surface area contributed by atoms with Crippen LogP contribution in [0.2, 0.25) is 0 Å². The molecule has 0 atom stereocenters. The molecule has 0 fully saturated rings. The van der Waals surface area contributed by atoms with E-state index in [4.69, 9.17) is 44.9 Å². The van der Waals surface area contributed by atoms with E-state index in [1.807, 2.05) is 6.07 Å². The summed E-state index contributed by atoms with van der Waals surface area (Å²) in [5.41, 5.74) is -0.404. The molecule has 5 nitrogen and oxygen atoms in total. The van der Waals surface area contributed by atoms with Gasteiger partial charge in [0.05, 0.1) is 23.4 Å². The number of amides is 1. The van der Waals surface area contributed by atoms with Crippen LogP contribution < -0.4 is 4.31 Å². The minimum absolute atomic E-state index is 0.457. The van der Waals surface area contributed by atoms with Gasteiger partial charge in [0.25, 0.3) is 3.12 Å². The lowest BCUT2D eigenvalue weighted by Crippen LogP contribution is -2.26. The molecule has 0 heterocycles. The molecule has 1 rings (SSSR count). The average Bonchev–Trinajstić information content (AvgIpc) is 2.44. The van der Waals surface area contributed by atoms with Crippen molar-refractivity contribution in [1.82, 2.24) is 0 Å². The van der Waals surface area contributed by atoms with Crippen LogP contribution >= 0.6 is 46.8 Å². The van der Waals surface area contributed by atoms with Crippen molar-refractivity contribution in [3.63, 3.8) is 0 Å². The molecule has 0 saturated carbocycles. The van der Waals surface area contributed by atoms with Crippen molar-refractivity contribution >= 4 is 64.7 Å². The number of hydrogen-bond acceptors (Lipinski definition) is 5. The summed E-state index contributed by atoms with van der Waals surface area (Å²) in [7, 11) is 0. The summed E-state index contributed by atoms with van der Waals surface area (Å²) in [6.07, 6.45) is 0.362. The number of nitriles is 1. The predicted molar refractivity (Wildman–Crippen MR) is 91.2 cm³/mol. The van der Waals surface area contributed by atoms with Gasteiger partial charge in [-0.3, -0.25) is 4.84 Å². The molecule has 0 bridgehead atoms. The van der Waals surface area contributed by atoms with Crippen LogP contribution in [0.25, 0.3) is 0 Å². The average molecular weight is 381 g/mol. The van der Waals surface area contributed by atoms with Crippen LogP contribution in [0.1, 0.15) is 13.8 Å². The molecule has 0 spiro atoms. The molecule has 1 amide bonds. The van der Waals surface area contributed by atoms with Crippen LogP contribution in [0, 0.1) is 16.7 Å². The highest BCUT2D eigenvalue weighted by molar-refractivity contribution is 8.06. The van der Waals surface area contributed by atoms with E-state index in [-0.39, 0.29) is 0 Å². The zero-order chi connectivity index (χ0) is 16.8. The maximum atomic E-state index is 12.1. The number of carbonyl (C=O) groups excluding carboxylic acids is 1. The van der Waals surface area contributed by atoms with Gasteiger partial charge in [0.1, 0.15) is 0 Å². The van der Waals surface area contributed by atoms with E-state index >= 15 is 0 Å². The van der Waals surface area contributed by atoms with E-state index in [2.05, 4.69) is 5.16 Å². The van der Waals surface area contributed by atoms with Gasteiger partial charge in [-0.1, -0.05) is 58.2 Å². The van der Waals surface area contributed by atoms with Crippen molar-refractivity contribution in [1.29, 1.82) is 5.26 Å². The van der Waals surface area contributed by atoms with E-state index in [9.17, 15) is 4.79 Å². The molecule has 0 radical (unpaired) electrons. The number of hydrogen-bond donors (Lipinski definition) is 0. The second kappa shape index (κ2) is 7.93. The second-order valence-corrected chi connectivity index (χ2v) is 8.71. The molecule has 9 heteroatoms. The first kappa shape index (κ1) is 18.9. The second-order valence-electron chi connectivity index (χ2n) is 4.59. The molecule has 0 aromatic heterocycles. The van der Waals surface area contributed by atoms with Gasteiger partial charge >= 0.3 is 6.09 Å². The Hall–Kier alpha value is -1.13. The molecule has 118 valence electrons. The standard InChI is InChI=1S/C13H12Cl3N3O2S/c1-12(2,8-17)9-18-21-11(20)19(22-13(14,15)16)10-6-4-3-5-7-10/h3-7,9H,1-2H3/b18-9+. The smallest absolute Gasteiger partial charge is 0.297 e. The quantitative estimate of drug-likeness (QED) is 0.238. The maximum absolute atomic E-state index is 12.1. The van der Waals surface area contributed by atoms with Crippen molar-refractivity contribution in [3.8, 4) is 6.07 Å². The van der Waals surface area contributed by atoms with Crippen molar-refractivity contribution < 1.29 is 9.63 Å². The molecular weight excluding hydrogens is 369 g/mol. The minimum Gasteiger partial charge on any atom is -0.297 e. The van der Waals surface area contributed by atoms with Gasteiger partial charge in [0, 0.05) is 11.9 Å². The van der Waals surface area contributed by atoms with Crippen LogP contribution in [0.5, 0.6) is 0 Å². The number of oxime groups is 1. The molecule has 1 aromatic carbocycles. The van der Waals surface area contributed by atoms with Gasteiger partial charge in [-0.25, -0.2) is 9.10 Å². The highest BCUT2D eigenvalue weighted by atomic mass is 35.6. The largest absolute Gasteiger partial charge is 0.450 e. The lowest BCUT2D eigenvalue weighted by atomic mass is 9.98. The number of benzene rings is 1. The Bertz CT molecular complexity index is 582. The Balaban J connectivity index is 2.89. The van der Waals surface area contributed by atoms with Crippen LogP contribution in [-0.4, -0.2) is 15.4 Å². The molecular formula is C13H12Cl3N3O2S. The number of para-hydroxylation sites is 1. The Morgan fingerprint density at radius 2 is 1.95 bits per heavy atom. The third-order valence-electron chi connectivity index (χ3n) is 2.15. The summed E-state index contributed by atoms with van der Waals surface area (Å²) in [4.78, 5) is 16.9. The molecule has 22 heavy (non-hydrogen) atoms. The normalized spacial score (nSPS) is 12.0. The summed E-state index contributed by atoms with van der Waals surface area (Å²) in [5, 5.41) is 12.4. The van der Waals surface area contributed by atoms with Crippen LogP contribution in [0.4, 0.5) is 10.5 Å². The summed E-state index contributed by atoms with van der Waals surface area (Å²) in [6, 6.07) is 10.5. The topological polar surface area (TPSA) is 65.7 Å². The van der Waals surface area contributed by atoms with Gasteiger partial charge in [-0.15, -0.1) is 0 Å². The molecule has 0 saturated heterocycles. The van der Waals surface area contributed by atoms with Crippen molar-refractivity contribution in [2.45, 2.75) is 17.0 Å². The van der Waals surface area contributed by atoms with Crippen molar-refractivity contribution in [2.24, 2.45) is 10.6 Å². The Morgan fingerprint density at radius 3 is 2.45 bits per heavy atom. The monoisotopic (exact) mass is 379 g/mol. The van der Waals surface area contributed by atoms with E-state index in [0.29, 0.717) is 17.6 Å². The maximum Gasteiger partial charge on any atom is 0.450 e. The van der Waals surface area contributed by atoms with Crippen LogP contribution in [-0.2, 0) is 4.84 Å². The third kappa shape index (κ3) is 6.75. The zero-order valence-electron chi connectivity index (χ0n) is 11.7. The Labute approximate surface area is 147 Å². The third-order valence-corrected chi connectivity index (χ3v) is 3.52. The fraction of sp³-hybridized carbons (Fsp3) is 0.308. The van der Waals surface area contributed by atoms with Gasteiger partial charge in [0.2, 0.25) is 0 Å². The molecule has 1 aromatic rings. The van der Waals surface area contributed by atoms with E-state index in [1.54, 1.807) is 44.2 Å². The highest BCUT2D eigenvalue weighted by Gasteiger charge is 2.31. The number of anilines is 1. The first-order chi connectivity index (χ1) is 10.1. The van der Waals surface area contributed by atoms with Crippen molar-refractivity contribution in [2.75, 3.05) is 4.31 Å². The molecule has 0 unspecified atom stereocenters. The fourth-order valence-corrected chi connectivity index (χ4v) is 2.29. The summed E-state index contributed by atoms with van der Waals surface area (Å²) in [5.74, 6) is 0. The van der Waals surface area contributed by atoms with Gasteiger partial charge in [-0.2, -0.15) is 5.26 Å². The Kier molecular flexibility index (Phi) is 6.82. The SMILES string of the molecule is CC(C)(C#N)/C=N/OC(=O)N(SC(Cl)(Cl)Cl)c1ccccc1. The van der Waals surface area contributed by atoms with Gasteiger partial charge in [0.15, 0.2) is 0 Å². The zero-order valence-corrected chi connectivity index (χ0v) is 14.7. The number of halogens is 3. The summed E-state index contributed by atoms with van der Waals surface area (Å²) < 4.78 is -0.700. The van der Waals surface area contributed by atoms with E-state index in [1.165, 1.54) is 6.21 Å². The Morgan fingerprint density at radius 1 is 1.36 bits per heavy atom. The lowest BCUT2D eigenvalue weighted by Gasteiger charge is -2.22. The summed E-state index contributed by atoms with van der Waals surface area (Å²) >= 11 is 17.8. The number of alkyl halides is 3. The molecule has 0 aliphatic rings. The van der Waals surface area contributed by atoms with E-state index < -0.39 is 14.6 Å². The number of rotatable bonds is 4. The van der Waals surface area contributed by atoms with E-state index in [0.717, 1.165) is 4.31 Å². The fourth-order valence-electron chi connectivity index (χ4n) is 1.13. The number of carbonyl (C=O) groups is 1. The number of nitrogens with zero attached hydrogens (tertiary/aromatic N) is 3. The minimum atomic E-state index is -1.76. The molecule has 0 aliphatic carbocycles. The highest BCUT2D eigenvalue weighted by Crippen LogP contribution is 2.43. The lowest BCUT2D eigenvalue weighted by molar-refractivity contribution is 0.163. The van der Waals surface area contributed by atoms with Crippen molar-refractivity contribution in [3.05, 3.63) is 30.3 Å². The first-order valence-electron chi connectivity index (χ1n) is 5.92.